The van der Waals surface area contributed by atoms with Gasteiger partial charge in [-0.25, -0.2) is 0 Å². The third-order valence-electron chi connectivity index (χ3n) is 3.37. The standard InChI is InChI=1S/C8H8BrNO2.C8H9NO2/c1-5-3-4-7(9)6(2)8(5)10(11)12;1-6-4-3-5-7(2)8(6)9(10)11/h3-4H,1-2H3;3-5H,1-2H3. The molecule has 122 valence electrons. The molecule has 0 atom stereocenters. The Kier molecular flexibility index (Phi) is 6.38. The fourth-order valence-electron chi connectivity index (χ4n) is 2.19. The van der Waals surface area contributed by atoms with Crippen LogP contribution < -0.4 is 0 Å². The van der Waals surface area contributed by atoms with Crippen LogP contribution in [-0.4, -0.2) is 9.85 Å². The maximum atomic E-state index is 10.6. The van der Waals surface area contributed by atoms with E-state index in [0.29, 0.717) is 11.1 Å². The van der Waals surface area contributed by atoms with Gasteiger partial charge in [0.1, 0.15) is 0 Å². The summed E-state index contributed by atoms with van der Waals surface area (Å²) >= 11 is 3.24. The van der Waals surface area contributed by atoms with E-state index in [2.05, 4.69) is 15.9 Å². The van der Waals surface area contributed by atoms with Gasteiger partial charge in [0.15, 0.2) is 0 Å². The van der Waals surface area contributed by atoms with E-state index in [0.717, 1.165) is 15.6 Å². The predicted molar refractivity (Wildman–Crippen MR) is 92.8 cm³/mol. The molecule has 0 bridgehead atoms. The molecule has 0 aromatic heterocycles. The summed E-state index contributed by atoms with van der Waals surface area (Å²) in [6.07, 6.45) is 0. The molecule has 0 amide bonds. The van der Waals surface area contributed by atoms with Crippen LogP contribution in [0.3, 0.4) is 0 Å². The first kappa shape index (κ1) is 18.8. The molecular formula is C16H17BrN2O4. The lowest BCUT2D eigenvalue weighted by atomic mass is 10.1. The molecule has 23 heavy (non-hydrogen) atoms. The van der Waals surface area contributed by atoms with E-state index in [1.54, 1.807) is 45.9 Å². The molecule has 2 aromatic carbocycles. The van der Waals surface area contributed by atoms with Gasteiger partial charge < -0.3 is 0 Å². The molecule has 0 N–H and O–H groups in total. The summed E-state index contributed by atoms with van der Waals surface area (Å²) in [6.45, 7) is 6.95. The number of rotatable bonds is 2. The minimum atomic E-state index is -0.352. The summed E-state index contributed by atoms with van der Waals surface area (Å²) in [6, 6.07) is 8.85. The van der Waals surface area contributed by atoms with Crippen molar-refractivity contribution in [2.24, 2.45) is 0 Å². The van der Waals surface area contributed by atoms with Gasteiger partial charge >= 0.3 is 0 Å². The fourth-order valence-corrected chi connectivity index (χ4v) is 2.51. The summed E-state index contributed by atoms with van der Waals surface area (Å²) < 4.78 is 0.778. The summed E-state index contributed by atoms with van der Waals surface area (Å²) in [5.41, 5.74) is 3.24. The lowest BCUT2D eigenvalue weighted by Crippen LogP contribution is -1.95. The van der Waals surface area contributed by atoms with Gasteiger partial charge in [0.05, 0.1) is 9.85 Å². The number of nitrogens with zero attached hydrogens (tertiary/aromatic N) is 2. The summed E-state index contributed by atoms with van der Waals surface area (Å²) in [4.78, 5) is 20.3. The number of hydrogen-bond acceptors (Lipinski definition) is 4. The van der Waals surface area contributed by atoms with Crippen LogP contribution in [0, 0.1) is 47.9 Å². The average molecular weight is 381 g/mol. The second-order valence-electron chi connectivity index (χ2n) is 5.09. The highest BCUT2D eigenvalue weighted by molar-refractivity contribution is 9.10. The SMILES string of the molecule is Cc1ccc(Br)c(C)c1[N+](=O)[O-].Cc1cccc(C)c1[N+](=O)[O-]. The zero-order valence-electron chi connectivity index (χ0n) is 13.3. The Morgan fingerprint density at radius 1 is 0.783 bits per heavy atom. The van der Waals surface area contributed by atoms with Gasteiger partial charge in [0.2, 0.25) is 0 Å². The van der Waals surface area contributed by atoms with Gasteiger partial charge in [-0.2, -0.15) is 0 Å². The van der Waals surface area contributed by atoms with Crippen LogP contribution in [0.5, 0.6) is 0 Å². The highest BCUT2D eigenvalue weighted by atomic mass is 79.9. The Hall–Kier alpha value is -2.28. The highest BCUT2D eigenvalue weighted by Crippen LogP contribution is 2.28. The van der Waals surface area contributed by atoms with Crippen LogP contribution in [0.2, 0.25) is 0 Å². The second-order valence-corrected chi connectivity index (χ2v) is 5.95. The average Bonchev–Trinajstić information content (AvgIpc) is 2.43. The van der Waals surface area contributed by atoms with Crippen molar-refractivity contribution in [2.75, 3.05) is 0 Å². The Bertz CT molecular complexity index is 740. The Morgan fingerprint density at radius 3 is 1.57 bits per heavy atom. The molecule has 0 heterocycles. The van der Waals surface area contributed by atoms with Crippen LogP contribution in [0.25, 0.3) is 0 Å². The monoisotopic (exact) mass is 380 g/mol. The first-order valence-electron chi connectivity index (χ1n) is 6.77. The number of halogens is 1. The van der Waals surface area contributed by atoms with E-state index in [1.165, 1.54) is 0 Å². The maximum absolute atomic E-state index is 10.6. The van der Waals surface area contributed by atoms with Crippen LogP contribution in [0.4, 0.5) is 11.4 Å². The molecule has 0 aliphatic rings. The molecule has 0 saturated heterocycles. The smallest absolute Gasteiger partial charge is 0.258 e. The summed E-state index contributed by atoms with van der Waals surface area (Å²) in [7, 11) is 0. The van der Waals surface area contributed by atoms with E-state index in [9.17, 15) is 20.2 Å². The number of nitro benzene ring substituents is 2. The number of benzene rings is 2. The van der Waals surface area contributed by atoms with Crippen LogP contribution >= 0.6 is 15.9 Å². The molecule has 0 spiro atoms. The third-order valence-corrected chi connectivity index (χ3v) is 4.23. The van der Waals surface area contributed by atoms with Crippen LogP contribution in [-0.2, 0) is 0 Å². The molecule has 7 heteroatoms. The quantitative estimate of drug-likeness (QED) is 0.529. The largest absolute Gasteiger partial charge is 0.276 e. The van der Waals surface area contributed by atoms with Crippen molar-refractivity contribution in [1.82, 2.24) is 0 Å². The third kappa shape index (κ3) is 4.59. The van der Waals surface area contributed by atoms with Crippen LogP contribution in [0.15, 0.2) is 34.8 Å². The minimum absolute atomic E-state index is 0.198. The van der Waals surface area contributed by atoms with Crippen molar-refractivity contribution < 1.29 is 9.85 Å². The first-order chi connectivity index (χ1) is 10.7. The Balaban J connectivity index is 0.000000231. The zero-order chi connectivity index (χ0) is 17.7. The Morgan fingerprint density at radius 2 is 1.22 bits per heavy atom. The molecule has 2 rings (SSSR count). The lowest BCUT2D eigenvalue weighted by Gasteiger charge is -2.01. The van der Waals surface area contributed by atoms with Crippen molar-refractivity contribution >= 4 is 27.3 Å². The van der Waals surface area contributed by atoms with Gasteiger partial charge in [-0.3, -0.25) is 20.2 Å². The molecule has 6 nitrogen and oxygen atoms in total. The fraction of sp³-hybridized carbons (Fsp3) is 0.250. The van der Waals surface area contributed by atoms with Crippen molar-refractivity contribution in [3.63, 3.8) is 0 Å². The topological polar surface area (TPSA) is 86.3 Å². The number of aryl methyl sites for hydroxylation is 3. The normalized spacial score (nSPS) is 9.78. The number of nitro groups is 2. The zero-order valence-corrected chi connectivity index (χ0v) is 14.9. The molecule has 2 aromatic rings. The number of para-hydroxylation sites is 1. The molecule has 0 unspecified atom stereocenters. The number of hydrogen-bond donors (Lipinski definition) is 0. The molecule has 0 aliphatic carbocycles. The molecular weight excluding hydrogens is 364 g/mol. The lowest BCUT2D eigenvalue weighted by molar-refractivity contribution is -0.386. The minimum Gasteiger partial charge on any atom is -0.258 e. The Labute approximate surface area is 142 Å². The van der Waals surface area contributed by atoms with Crippen molar-refractivity contribution in [3.05, 3.63) is 77.3 Å². The van der Waals surface area contributed by atoms with Crippen molar-refractivity contribution in [3.8, 4) is 0 Å². The summed E-state index contributed by atoms with van der Waals surface area (Å²) in [5.74, 6) is 0. The molecule has 0 fully saturated rings. The maximum Gasteiger partial charge on any atom is 0.276 e. The summed E-state index contributed by atoms with van der Waals surface area (Å²) in [5, 5.41) is 21.0. The van der Waals surface area contributed by atoms with Crippen LogP contribution in [0.1, 0.15) is 22.3 Å². The van der Waals surface area contributed by atoms with Gasteiger partial charge in [-0.1, -0.05) is 40.2 Å². The van der Waals surface area contributed by atoms with E-state index < -0.39 is 0 Å². The van der Waals surface area contributed by atoms with Gasteiger partial charge in [-0.15, -0.1) is 0 Å². The van der Waals surface area contributed by atoms with Gasteiger partial charge in [-0.05, 0) is 33.8 Å². The second kappa shape index (κ2) is 7.82. The van der Waals surface area contributed by atoms with E-state index >= 15 is 0 Å². The predicted octanol–water partition coefficient (Wildman–Crippen LogP) is 5.19. The highest BCUT2D eigenvalue weighted by Gasteiger charge is 2.15. The van der Waals surface area contributed by atoms with Gasteiger partial charge in [0.25, 0.3) is 11.4 Å². The van der Waals surface area contributed by atoms with E-state index in [1.807, 2.05) is 12.1 Å². The molecule has 0 aliphatic heterocycles. The molecule has 0 radical (unpaired) electrons. The molecule has 0 saturated carbocycles. The van der Waals surface area contributed by atoms with Gasteiger partial charge in [0, 0.05) is 26.7 Å². The van der Waals surface area contributed by atoms with E-state index in [-0.39, 0.29) is 21.2 Å². The van der Waals surface area contributed by atoms with Crippen molar-refractivity contribution in [1.29, 1.82) is 0 Å². The van der Waals surface area contributed by atoms with Crippen molar-refractivity contribution in [2.45, 2.75) is 27.7 Å². The van der Waals surface area contributed by atoms with E-state index in [4.69, 9.17) is 0 Å². The first-order valence-corrected chi connectivity index (χ1v) is 7.56.